The summed E-state index contributed by atoms with van der Waals surface area (Å²) in [7, 11) is -3.27. The highest BCUT2D eigenvalue weighted by molar-refractivity contribution is 7.89. The quantitative estimate of drug-likeness (QED) is 0.653. The zero-order valence-corrected chi connectivity index (χ0v) is 18.8. The van der Waals surface area contributed by atoms with Crippen molar-refractivity contribution in [3.8, 4) is 0 Å². The van der Waals surface area contributed by atoms with Crippen molar-refractivity contribution in [2.24, 2.45) is 0 Å². The molecule has 31 heavy (non-hydrogen) atoms. The third-order valence-corrected chi connectivity index (χ3v) is 6.21. The molecule has 0 unspecified atom stereocenters. The van der Waals surface area contributed by atoms with E-state index in [1.54, 1.807) is 28.0 Å². The monoisotopic (exact) mass is 465 g/mol. The van der Waals surface area contributed by atoms with Crippen LogP contribution in [0, 0.1) is 0 Å². The van der Waals surface area contributed by atoms with Gasteiger partial charge < -0.3 is 19.4 Å². The second-order valence-corrected chi connectivity index (χ2v) is 10.2. The van der Waals surface area contributed by atoms with Gasteiger partial charge in [0.25, 0.3) is 0 Å². The van der Waals surface area contributed by atoms with E-state index in [0.717, 1.165) is 5.69 Å². The van der Waals surface area contributed by atoms with E-state index in [-0.39, 0.29) is 18.2 Å². The molecule has 166 valence electrons. The Bertz CT molecular complexity index is 1060. The molecular formula is C20H24ClN5O4S. The third kappa shape index (κ3) is 5.44. The first-order valence-electron chi connectivity index (χ1n) is 9.98. The number of carbonyl (C=O) groups is 1. The number of benzene rings is 1. The number of carbonyl (C=O) groups excluding carboxylic acids is 1. The number of sulfone groups is 1. The molecule has 1 aromatic carbocycles. The molecule has 1 amide bonds. The fraction of sp³-hybridized carbons (Fsp3) is 0.450. The van der Waals surface area contributed by atoms with Crippen LogP contribution >= 0.6 is 11.6 Å². The van der Waals surface area contributed by atoms with Crippen molar-refractivity contribution in [3.63, 3.8) is 0 Å². The molecule has 0 spiro atoms. The summed E-state index contributed by atoms with van der Waals surface area (Å²) in [6.07, 6.45) is 1.18. The minimum Gasteiger partial charge on any atom is -0.378 e. The maximum atomic E-state index is 12.8. The van der Waals surface area contributed by atoms with E-state index in [0.29, 0.717) is 61.9 Å². The molecule has 3 heterocycles. The average molecular weight is 466 g/mol. The summed E-state index contributed by atoms with van der Waals surface area (Å²) in [6, 6.07) is 8.85. The van der Waals surface area contributed by atoms with Crippen LogP contribution < -0.4 is 14.7 Å². The van der Waals surface area contributed by atoms with Crippen LogP contribution in [0.5, 0.6) is 0 Å². The minimum atomic E-state index is -3.27. The van der Waals surface area contributed by atoms with Crippen molar-refractivity contribution < 1.29 is 17.9 Å². The first-order valence-corrected chi connectivity index (χ1v) is 12.4. The van der Waals surface area contributed by atoms with Gasteiger partial charge in [-0.05, 0) is 24.3 Å². The molecule has 0 saturated carbocycles. The molecule has 11 heteroatoms. The Morgan fingerprint density at radius 2 is 1.74 bits per heavy atom. The number of anilines is 3. The fourth-order valence-corrected chi connectivity index (χ4v) is 4.46. The van der Waals surface area contributed by atoms with Gasteiger partial charge in [-0.15, -0.1) is 0 Å². The van der Waals surface area contributed by atoms with Gasteiger partial charge in [0.1, 0.15) is 12.4 Å². The largest absolute Gasteiger partial charge is 0.378 e. The summed E-state index contributed by atoms with van der Waals surface area (Å²) in [4.78, 5) is 27.5. The van der Waals surface area contributed by atoms with E-state index >= 15 is 0 Å². The molecule has 4 rings (SSSR count). The number of nitrogens with zero attached hydrogens (tertiary/aromatic N) is 5. The highest BCUT2D eigenvalue weighted by Crippen LogP contribution is 2.24. The first-order chi connectivity index (χ1) is 14.8. The summed E-state index contributed by atoms with van der Waals surface area (Å²) in [6.45, 7) is 3.59. The smallest absolute Gasteiger partial charge is 0.246 e. The number of hydrogen-bond acceptors (Lipinski definition) is 8. The third-order valence-electron chi connectivity index (χ3n) is 5.14. The second kappa shape index (κ2) is 8.97. The highest BCUT2D eigenvalue weighted by Gasteiger charge is 2.28. The molecule has 0 atom stereocenters. The van der Waals surface area contributed by atoms with Crippen LogP contribution in [0.15, 0.2) is 30.3 Å². The van der Waals surface area contributed by atoms with Gasteiger partial charge >= 0.3 is 0 Å². The zero-order valence-electron chi connectivity index (χ0n) is 17.2. The van der Waals surface area contributed by atoms with Crippen LogP contribution in [-0.2, 0) is 25.1 Å². The Kier molecular flexibility index (Phi) is 6.31. The second-order valence-electron chi connectivity index (χ2n) is 7.63. The van der Waals surface area contributed by atoms with Gasteiger partial charge in [-0.3, -0.25) is 4.79 Å². The van der Waals surface area contributed by atoms with Crippen LogP contribution in [0.1, 0.15) is 5.69 Å². The molecule has 2 saturated heterocycles. The molecule has 9 nitrogen and oxygen atoms in total. The van der Waals surface area contributed by atoms with E-state index in [1.807, 2.05) is 17.0 Å². The summed E-state index contributed by atoms with van der Waals surface area (Å²) in [5, 5.41) is 0.613. The number of halogens is 1. The summed E-state index contributed by atoms with van der Waals surface area (Å²) in [5.74, 6) is 0.753. The van der Waals surface area contributed by atoms with Crippen molar-refractivity contribution in [2.75, 3.05) is 66.9 Å². The number of piperazine rings is 1. The van der Waals surface area contributed by atoms with Crippen LogP contribution in [0.2, 0.25) is 5.02 Å². The molecule has 0 aliphatic carbocycles. The fourth-order valence-electron chi connectivity index (χ4n) is 3.65. The molecular weight excluding hydrogens is 442 g/mol. The van der Waals surface area contributed by atoms with E-state index in [9.17, 15) is 13.2 Å². The minimum absolute atomic E-state index is 0.0846. The van der Waals surface area contributed by atoms with Crippen LogP contribution in [-0.4, -0.2) is 76.5 Å². The van der Waals surface area contributed by atoms with Crippen molar-refractivity contribution in [1.82, 2.24) is 9.97 Å². The molecule has 2 aliphatic rings. The number of hydrogen-bond donors (Lipinski definition) is 0. The Hall–Kier alpha value is -2.43. The summed E-state index contributed by atoms with van der Waals surface area (Å²) >= 11 is 5.95. The maximum absolute atomic E-state index is 12.8. The maximum Gasteiger partial charge on any atom is 0.246 e. The Labute approximate surface area is 186 Å². The lowest BCUT2D eigenvalue weighted by atomic mass is 10.2. The zero-order chi connectivity index (χ0) is 22.0. The van der Waals surface area contributed by atoms with Crippen molar-refractivity contribution >= 4 is 44.8 Å². The van der Waals surface area contributed by atoms with Gasteiger partial charge in [0.15, 0.2) is 9.84 Å². The molecule has 0 bridgehead atoms. The first kappa shape index (κ1) is 21.8. The van der Waals surface area contributed by atoms with Gasteiger partial charge in [-0.2, -0.15) is 4.98 Å². The van der Waals surface area contributed by atoms with Crippen LogP contribution in [0.25, 0.3) is 0 Å². The lowest BCUT2D eigenvalue weighted by Crippen LogP contribution is -2.51. The van der Waals surface area contributed by atoms with Crippen molar-refractivity contribution in [3.05, 3.63) is 41.0 Å². The molecule has 2 aromatic rings. The van der Waals surface area contributed by atoms with E-state index in [2.05, 4.69) is 9.97 Å². The lowest BCUT2D eigenvalue weighted by molar-refractivity contribution is -0.117. The molecule has 0 radical (unpaired) electrons. The molecule has 2 aliphatic heterocycles. The van der Waals surface area contributed by atoms with Gasteiger partial charge in [-0.1, -0.05) is 11.6 Å². The standard InChI is InChI=1S/C20H24ClN5O4S/c1-31(28,29)14-16-12-18(24-8-10-30-11-9-24)23-20(22-16)25-6-7-26(19(27)13-25)17-4-2-15(21)3-5-17/h2-5,12H,6-11,13-14H2,1H3. The lowest BCUT2D eigenvalue weighted by Gasteiger charge is -2.35. The summed E-state index contributed by atoms with van der Waals surface area (Å²) in [5.41, 5.74) is 1.20. The summed E-state index contributed by atoms with van der Waals surface area (Å²) < 4.78 is 29.2. The molecule has 1 aromatic heterocycles. The van der Waals surface area contributed by atoms with E-state index in [1.165, 1.54) is 6.26 Å². The number of ether oxygens (including phenoxy) is 1. The van der Waals surface area contributed by atoms with E-state index in [4.69, 9.17) is 16.3 Å². The number of aromatic nitrogens is 2. The van der Waals surface area contributed by atoms with Gasteiger partial charge in [0, 0.05) is 49.2 Å². The SMILES string of the molecule is CS(=O)(=O)Cc1cc(N2CCOCC2)nc(N2CCN(c3ccc(Cl)cc3)C(=O)C2)n1. The van der Waals surface area contributed by atoms with Crippen LogP contribution in [0.3, 0.4) is 0 Å². The normalized spacial score (nSPS) is 17.9. The Morgan fingerprint density at radius 3 is 2.39 bits per heavy atom. The number of morpholine rings is 1. The van der Waals surface area contributed by atoms with Crippen molar-refractivity contribution in [2.45, 2.75) is 5.75 Å². The Balaban J connectivity index is 1.58. The van der Waals surface area contributed by atoms with Crippen LogP contribution in [0.4, 0.5) is 17.5 Å². The van der Waals surface area contributed by atoms with Gasteiger partial charge in [-0.25, -0.2) is 13.4 Å². The molecule has 0 N–H and O–H groups in total. The van der Waals surface area contributed by atoms with Gasteiger partial charge in [0.05, 0.1) is 24.7 Å². The highest BCUT2D eigenvalue weighted by atomic mass is 35.5. The Morgan fingerprint density at radius 1 is 1.03 bits per heavy atom. The number of amides is 1. The average Bonchev–Trinajstić information content (AvgIpc) is 2.74. The topological polar surface area (TPSA) is 95.9 Å². The van der Waals surface area contributed by atoms with E-state index < -0.39 is 9.84 Å². The van der Waals surface area contributed by atoms with Gasteiger partial charge in [0.2, 0.25) is 11.9 Å². The van der Waals surface area contributed by atoms with Crippen molar-refractivity contribution in [1.29, 1.82) is 0 Å². The molecule has 2 fully saturated rings. The number of rotatable bonds is 5. The predicted molar refractivity (Wildman–Crippen MR) is 120 cm³/mol. The predicted octanol–water partition coefficient (Wildman–Crippen LogP) is 1.36.